The quantitative estimate of drug-likeness (QED) is 0.485. The number of rotatable bonds is 3. The predicted molar refractivity (Wildman–Crippen MR) is 57.6 cm³/mol. The molecule has 1 rings (SSSR count). The summed E-state index contributed by atoms with van der Waals surface area (Å²) in [5, 5.41) is 10.6. The van der Waals surface area contributed by atoms with Gasteiger partial charge in [-0.2, -0.15) is 0 Å². The Hall–Kier alpha value is -1.55. The number of nitro groups is 1. The monoisotopic (exact) mass is 319 g/mol. The summed E-state index contributed by atoms with van der Waals surface area (Å²) in [7, 11) is 0.510. The van der Waals surface area contributed by atoms with Crippen molar-refractivity contribution in [2.75, 3.05) is 0 Å². The zero-order chi connectivity index (χ0) is 15.0. The van der Waals surface area contributed by atoms with Crippen molar-refractivity contribution in [1.29, 1.82) is 0 Å². The van der Waals surface area contributed by atoms with Crippen LogP contribution in [0, 0.1) is 17.0 Å². The zero-order valence-corrected chi connectivity index (χ0v) is 10.6. The van der Waals surface area contributed by atoms with Gasteiger partial charge >= 0.3 is 6.36 Å². The van der Waals surface area contributed by atoms with Gasteiger partial charge in [0.2, 0.25) is 0 Å². The molecule has 19 heavy (non-hydrogen) atoms. The number of benzene rings is 1. The summed E-state index contributed by atoms with van der Waals surface area (Å²) >= 11 is 0. The van der Waals surface area contributed by atoms with E-state index in [4.69, 9.17) is 10.7 Å². The van der Waals surface area contributed by atoms with Gasteiger partial charge in [0.25, 0.3) is 14.7 Å². The molecule has 1 aromatic rings. The molecular formula is C8H5ClF3NO5S. The van der Waals surface area contributed by atoms with Crippen LogP contribution in [-0.2, 0) is 9.05 Å². The van der Waals surface area contributed by atoms with Crippen LogP contribution in [0.3, 0.4) is 0 Å². The van der Waals surface area contributed by atoms with Gasteiger partial charge < -0.3 is 4.74 Å². The molecule has 0 bridgehead atoms. The second-order valence-corrected chi connectivity index (χ2v) is 5.87. The van der Waals surface area contributed by atoms with Crippen LogP contribution in [0.5, 0.6) is 5.75 Å². The number of hydrogen-bond donors (Lipinski definition) is 0. The van der Waals surface area contributed by atoms with Crippen molar-refractivity contribution in [2.24, 2.45) is 0 Å². The van der Waals surface area contributed by atoms with Crippen LogP contribution in [0.1, 0.15) is 5.56 Å². The van der Waals surface area contributed by atoms with E-state index >= 15 is 0 Å². The minimum Gasteiger partial charge on any atom is -0.405 e. The highest BCUT2D eigenvalue weighted by Gasteiger charge is 2.34. The molecule has 0 N–H and O–H groups in total. The van der Waals surface area contributed by atoms with Crippen LogP contribution in [0.2, 0.25) is 0 Å². The van der Waals surface area contributed by atoms with Gasteiger partial charge in [0.15, 0.2) is 0 Å². The fourth-order valence-electron chi connectivity index (χ4n) is 1.21. The molecule has 0 radical (unpaired) electrons. The summed E-state index contributed by atoms with van der Waals surface area (Å²) in [6, 6.07) is 1.03. The molecule has 0 saturated heterocycles. The predicted octanol–water partition coefficient (Wildman–Crippen LogP) is 2.73. The second-order valence-electron chi connectivity index (χ2n) is 3.31. The van der Waals surface area contributed by atoms with Gasteiger partial charge in [-0.05, 0) is 6.92 Å². The summed E-state index contributed by atoms with van der Waals surface area (Å²) in [5.41, 5.74) is -1.31. The van der Waals surface area contributed by atoms with E-state index < -0.39 is 42.2 Å². The summed E-state index contributed by atoms with van der Waals surface area (Å²) < 4.78 is 61.9. The van der Waals surface area contributed by atoms with Crippen molar-refractivity contribution in [3.8, 4) is 5.75 Å². The maximum absolute atomic E-state index is 12.1. The highest BCUT2D eigenvalue weighted by atomic mass is 35.7. The molecule has 0 heterocycles. The lowest BCUT2D eigenvalue weighted by atomic mass is 10.2. The lowest BCUT2D eigenvalue weighted by molar-refractivity contribution is -0.385. The lowest BCUT2D eigenvalue weighted by Gasteiger charge is -2.12. The molecule has 6 nitrogen and oxygen atoms in total. The highest BCUT2D eigenvalue weighted by molar-refractivity contribution is 8.13. The first-order chi connectivity index (χ1) is 8.42. The van der Waals surface area contributed by atoms with Gasteiger partial charge in [-0.25, -0.2) is 8.42 Å². The summed E-state index contributed by atoms with van der Waals surface area (Å²) in [6.07, 6.45) is -5.12. The van der Waals surface area contributed by atoms with Crippen molar-refractivity contribution in [3.05, 3.63) is 27.8 Å². The van der Waals surface area contributed by atoms with E-state index in [0.29, 0.717) is 12.1 Å². The number of alkyl halides is 3. The molecule has 0 spiro atoms. The van der Waals surface area contributed by atoms with E-state index in [1.807, 2.05) is 0 Å². The molecule has 0 aliphatic carbocycles. The fourth-order valence-corrected chi connectivity index (χ4v) is 1.98. The third-order valence-electron chi connectivity index (χ3n) is 2.01. The molecule has 0 aliphatic heterocycles. The molecule has 0 amide bonds. The van der Waals surface area contributed by atoms with E-state index in [-0.39, 0.29) is 0 Å². The Morgan fingerprint density at radius 2 is 1.89 bits per heavy atom. The van der Waals surface area contributed by atoms with E-state index in [0.717, 1.165) is 6.92 Å². The van der Waals surface area contributed by atoms with Crippen molar-refractivity contribution in [2.45, 2.75) is 18.2 Å². The van der Waals surface area contributed by atoms with Gasteiger partial charge in [0, 0.05) is 22.8 Å². The summed E-state index contributed by atoms with van der Waals surface area (Å²) in [6.45, 7) is 0.990. The Bertz CT molecular complexity index is 628. The van der Waals surface area contributed by atoms with E-state index in [1.165, 1.54) is 0 Å². The number of halogens is 4. The van der Waals surface area contributed by atoms with Crippen molar-refractivity contribution in [3.63, 3.8) is 0 Å². The molecule has 1 aromatic carbocycles. The highest BCUT2D eigenvalue weighted by Crippen LogP contribution is 2.35. The Morgan fingerprint density at radius 1 is 1.37 bits per heavy atom. The van der Waals surface area contributed by atoms with Crippen molar-refractivity contribution < 1.29 is 31.2 Å². The average Bonchev–Trinajstić information content (AvgIpc) is 2.16. The minimum absolute atomic E-state index is 0.466. The molecule has 0 unspecified atom stereocenters. The van der Waals surface area contributed by atoms with Gasteiger partial charge in [0.1, 0.15) is 5.75 Å². The molecule has 106 valence electrons. The van der Waals surface area contributed by atoms with E-state index in [9.17, 15) is 31.7 Å². The van der Waals surface area contributed by atoms with Crippen LogP contribution < -0.4 is 4.74 Å². The van der Waals surface area contributed by atoms with Crippen LogP contribution in [0.25, 0.3) is 0 Å². The maximum atomic E-state index is 12.1. The van der Waals surface area contributed by atoms with Crippen LogP contribution in [-0.4, -0.2) is 19.7 Å². The third-order valence-corrected chi connectivity index (χ3v) is 3.34. The van der Waals surface area contributed by atoms with Gasteiger partial charge in [-0.1, -0.05) is 0 Å². The minimum atomic E-state index is -5.12. The Kier molecular flexibility index (Phi) is 3.96. The van der Waals surface area contributed by atoms with E-state index in [1.54, 1.807) is 0 Å². The normalized spacial score (nSPS) is 12.3. The molecule has 0 fully saturated rings. The molecular weight excluding hydrogens is 315 g/mol. The smallest absolute Gasteiger partial charge is 0.405 e. The van der Waals surface area contributed by atoms with Crippen LogP contribution >= 0.6 is 10.7 Å². The van der Waals surface area contributed by atoms with Crippen molar-refractivity contribution in [1.82, 2.24) is 0 Å². The molecule has 11 heteroatoms. The third kappa shape index (κ3) is 3.96. The SMILES string of the molecule is Cc1c(OC(F)(F)F)cc(S(=O)(=O)Cl)cc1[N+](=O)[O-]. The molecule has 0 aromatic heterocycles. The second kappa shape index (κ2) is 4.85. The zero-order valence-electron chi connectivity index (χ0n) is 9.06. The first-order valence-electron chi connectivity index (χ1n) is 4.41. The Balaban J connectivity index is 3.54. The maximum Gasteiger partial charge on any atom is 0.573 e. The molecule has 0 saturated carbocycles. The fraction of sp³-hybridized carbons (Fsp3) is 0.250. The number of ether oxygens (including phenoxy) is 1. The molecule has 0 atom stereocenters. The topological polar surface area (TPSA) is 86.5 Å². The Morgan fingerprint density at radius 3 is 2.26 bits per heavy atom. The summed E-state index contributed by atoms with van der Waals surface area (Å²) in [5.74, 6) is -0.999. The van der Waals surface area contributed by atoms with E-state index in [2.05, 4.69) is 4.74 Å². The summed E-state index contributed by atoms with van der Waals surface area (Å²) in [4.78, 5) is 8.76. The van der Waals surface area contributed by atoms with Gasteiger partial charge in [-0.15, -0.1) is 13.2 Å². The van der Waals surface area contributed by atoms with Crippen LogP contribution in [0.4, 0.5) is 18.9 Å². The first-order valence-corrected chi connectivity index (χ1v) is 6.72. The standard InChI is InChI=1S/C8H5ClF3NO5S/c1-4-6(13(14)15)2-5(19(9,16)17)3-7(4)18-8(10,11)12/h2-3H,1H3. The van der Waals surface area contributed by atoms with Crippen LogP contribution in [0.15, 0.2) is 17.0 Å². The van der Waals surface area contributed by atoms with Crippen molar-refractivity contribution >= 4 is 25.4 Å². The number of nitrogens with zero attached hydrogens (tertiary/aromatic N) is 1. The average molecular weight is 320 g/mol. The first kappa shape index (κ1) is 15.5. The van der Waals surface area contributed by atoms with Gasteiger partial charge in [0.05, 0.1) is 15.4 Å². The molecule has 0 aliphatic rings. The largest absolute Gasteiger partial charge is 0.573 e. The van der Waals surface area contributed by atoms with Gasteiger partial charge in [-0.3, -0.25) is 10.1 Å². The lowest BCUT2D eigenvalue weighted by Crippen LogP contribution is -2.18. The number of nitro benzene ring substituents is 1. The Labute approximate surface area is 109 Å². The number of hydrogen-bond acceptors (Lipinski definition) is 5.